The van der Waals surface area contributed by atoms with Crippen LogP contribution in [0.4, 0.5) is 0 Å². The first kappa shape index (κ1) is 40.5. The van der Waals surface area contributed by atoms with E-state index in [1.807, 2.05) is 7.05 Å². The molecular weight excluding hydrogens is 560 g/mol. The first-order valence-corrected chi connectivity index (χ1v) is 14.6. The number of nitrogens with zero attached hydrogens (tertiary/aromatic N) is 1. The summed E-state index contributed by atoms with van der Waals surface area (Å²) in [6, 6.07) is 0. The van der Waals surface area contributed by atoms with Crippen LogP contribution in [0.5, 0.6) is 0 Å². The molecule has 0 saturated carbocycles. The molecule has 0 atom stereocenters. The predicted molar refractivity (Wildman–Crippen MR) is 152 cm³/mol. The number of nitrogens with one attached hydrogen (secondary N) is 1. The monoisotopic (exact) mass is 614 g/mol. The van der Waals surface area contributed by atoms with Gasteiger partial charge in [-0.2, -0.15) is 0 Å². The van der Waals surface area contributed by atoms with Crippen LogP contribution in [-0.2, 0) is 52.2 Å². The van der Waals surface area contributed by atoms with Crippen molar-refractivity contribution in [1.82, 2.24) is 10.2 Å². The van der Waals surface area contributed by atoms with Gasteiger partial charge in [0.15, 0.2) is 0 Å². The van der Waals surface area contributed by atoms with Crippen molar-refractivity contribution < 1.29 is 62.4 Å². The Bertz CT molecular complexity index is 554. The number of hydrogen-bond acceptors (Lipinski definition) is 13. The third-order valence-corrected chi connectivity index (χ3v) is 5.30. The minimum atomic E-state index is -0.884. The molecule has 0 heterocycles. The Morgan fingerprint density at radius 1 is 0.452 bits per heavy atom. The maximum Gasteiger partial charge on any atom is 0.305 e. The number of ether oxygens (including phenoxy) is 9. The molecule has 250 valence electrons. The first-order chi connectivity index (χ1) is 20.6. The minimum absolute atomic E-state index is 0.0167. The zero-order valence-corrected chi connectivity index (χ0v) is 25.3. The second kappa shape index (κ2) is 34.0. The quantitative estimate of drug-likeness (QED) is 0.0778. The number of likely N-dealkylation sites (N-methyl/N-ethyl adjacent to an activating group) is 1. The molecule has 0 unspecified atom stereocenters. The zero-order valence-electron chi connectivity index (χ0n) is 25.3. The molecule has 0 bridgehead atoms. The fourth-order valence-electron chi connectivity index (χ4n) is 3.04. The van der Waals surface area contributed by atoms with E-state index in [-0.39, 0.29) is 26.1 Å². The third-order valence-electron chi connectivity index (χ3n) is 5.30. The van der Waals surface area contributed by atoms with Crippen LogP contribution < -0.4 is 5.32 Å². The standard InChI is InChI=1S/C27H54N2O13/c1-28-4-10-36-16-22-42-25-19-39-13-7-29(5-11-37-17-23-40-20-14-34-8-2-26(30)31)6-12-38-18-24-41-21-15-35-9-3-27(32)33/h28H,2-25H2,1H3,(H,30,31)(H,32,33). The van der Waals surface area contributed by atoms with Gasteiger partial charge in [-0.3, -0.25) is 14.5 Å². The van der Waals surface area contributed by atoms with E-state index in [9.17, 15) is 9.59 Å². The second-order valence-corrected chi connectivity index (χ2v) is 8.74. The van der Waals surface area contributed by atoms with E-state index >= 15 is 0 Å². The van der Waals surface area contributed by atoms with Crippen molar-refractivity contribution in [2.45, 2.75) is 12.8 Å². The fourth-order valence-corrected chi connectivity index (χ4v) is 3.04. The zero-order chi connectivity index (χ0) is 30.8. The van der Waals surface area contributed by atoms with E-state index in [4.69, 9.17) is 52.8 Å². The maximum absolute atomic E-state index is 10.4. The summed E-state index contributed by atoms with van der Waals surface area (Å²) >= 11 is 0. The summed E-state index contributed by atoms with van der Waals surface area (Å²) in [5.74, 6) is -1.77. The van der Waals surface area contributed by atoms with Gasteiger partial charge < -0.3 is 58.2 Å². The SMILES string of the molecule is CNCCOCCOCCOCCN(CCOCCOCCOCCC(=O)O)CCOCCOCCOCCC(=O)O. The van der Waals surface area contributed by atoms with Crippen LogP contribution in [-0.4, -0.2) is 179 Å². The fraction of sp³-hybridized carbons (Fsp3) is 0.926. The molecule has 0 aliphatic rings. The van der Waals surface area contributed by atoms with Gasteiger partial charge in [-0.1, -0.05) is 0 Å². The molecule has 0 aliphatic heterocycles. The predicted octanol–water partition coefficient (Wildman–Crippen LogP) is -0.393. The summed E-state index contributed by atoms with van der Waals surface area (Å²) in [5.41, 5.74) is 0. The molecule has 3 N–H and O–H groups in total. The summed E-state index contributed by atoms with van der Waals surface area (Å²) in [6.45, 7) is 10.9. The highest BCUT2D eigenvalue weighted by Gasteiger charge is 2.06. The number of aliphatic carboxylic acids is 2. The normalized spacial score (nSPS) is 11.5. The number of rotatable bonds is 36. The van der Waals surface area contributed by atoms with Crippen molar-refractivity contribution in [3.8, 4) is 0 Å². The summed E-state index contributed by atoms with van der Waals surface area (Å²) in [7, 11) is 1.88. The average Bonchev–Trinajstić information content (AvgIpc) is 2.96. The molecule has 0 aromatic rings. The molecular formula is C27H54N2O13. The average molecular weight is 615 g/mol. The highest BCUT2D eigenvalue weighted by Crippen LogP contribution is 1.93. The molecule has 42 heavy (non-hydrogen) atoms. The van der Waals surface area contributed by atoms with Crippen molar-refractivity contribution in [2.24, 2.45) is 0 Å². The van der Waals surface area contributed by atoms with Crippen LogP contribution >= 0.6 is 0 Å². The van der Waals surface area contributed by atoms with Crippen molar-refractivity contribution in [3.05, 3.63) is 0 Å². The number of carbonyl (C=O) groups is 2. The Labute approximate surface area is 249 Å². The van der Waals surface area contributed by atoms with E-state index < -0.39 is 11.9 Å². The van der Waals surface area contributed by atoms with E-state index in [0.29, 0.717) is 125 Å². The van der Waals surface area contributed by atoms with Gasteiger partial charge in [0.05, 0.1) is 132 Å². The van der Waals surface area contributed by atoms with E-state index in [2.05, 4.69) is 10.2 Å². The van der Waals surface area contributed by atoms with Gasteiger partial charge in [-0.05, 0) is 7.05 Å². The molecule has 15 heteroatoms. The molecule has 0 spiro atoms. The summed E-state index contributed by atoms with van der Waals surface area (Å²) in [5, 5.41) is 20.1. The molecule has 0 aromatic carbocycles. The van der Waals surface area contributed by atoms with Gasteiger partial charge in [0.25, 0.3) is 0 Å². The van der Waals surface area contributed by atoms with Crippen LogP contribution in [0, 0.1) is 0 Å². The molecule has 0 aromatic heterocycles. The van der Waals surface area contributed by atoms with Gasteiger partial charge in [0.2, 0.25) is 0 Å². The summed E-state index contributed by atoms with van der Waals surface area (Å²) in [4.78, 5) is 23.1. The Balaban J connectivity index is 3.93. The minimum Gasteiger partial charge on any atom is -0.481 e. The van der Waals surface area contributed by atoms with Crippen LogP contribution in [0.3, 0.4) is 0 Å². The van der Waals surface area contributed by atoms with Crippen LogP contribution in [0.1, 0.15) is 12.8 Å². The lowest BCUT2D eigenvalue weighted by Gasteiger charge is -2.22. The van der Waals surface area contributed by atoms with Gasteiger partial charge in [-0.25, -0.2) is 0 Å². The van der Waals surface area contributed by atoms with E-state index in [0.717, 1.165) is 6.54 Å². The molecule has 0 amide bonds. The lowest BCUT2D eigenvalue weighted by molar-refractivity contribution is -0.139. The molecule has 15 nitrogen and oxygen atoms in total. The van der Waals surface area contributed by atoms with Crippen molar-refractivity contribution in [3.63, 3.8) is 0 Å². The second-order valence-electron chi connectivity index (χ2n) is 8.74. The van der Waals surface area contributed by atoms with Crippen LogP contribution in [0.25, 0.3) is 0 Å². The Hall–Kier alpha value is -1.50. The van der Waals surface area contributed by atoms with Crippen molar-refractivity contribution in [1.29, 1.82) is 0 Å². The highest BCUT2D eigenvalue weighted by atomic mass is 16.6. The smallest absolute Gasteiger partial charge is 0.305 e. The largest absolute Gasteiger partial charge is 0.481 e. The van der Waals surface area contributed by atoms with Gasteiger partial charge >= 0.3 is 11.9 Å². The molecule has 0 saturated heterocycles. The van der Waals surface area contributed by atoms with E-state index in [1.165, 1.54) is 0 Å². The Morgan fingerprint density at radius 2 is 0.714 bits per heavy atom. The molecule has 0 aliphatic carbocycles. The molecule has 0 rings (SSSR count). The third kappa shape index (κ3) is 34.7. The van der Waals surface area contributed by atoms with Crippen LogP contribution in [0.2, 0.25) is 0 Å². The summed E-state index contributed by atoms with van der Waals surface area (Å²) in [6.07, 6.45) is -0.0335. The van der Waals surface area contributed by atoms with Crippen molar-refractivity contribution in [2.75, 3.05) is 152 Å². The van der Waals surface area contributed by atoms with Gasteiger partial charge in [0.1, 0.15) is 0 Å². The lowest BCUT2D eigenvalue weighted by atomic mass is 10.4. The van der Waals surface area contributed by atoms with Crippen LogP contribution in [0.15, 0.2) is 0 Å². The topological polar surface area (TPSA) is 173 Å². The maximum atomic E-state index is 10.4. The summed E-state index contributed by atoms with van der Waals surface area (Å²) < 4.78 is 49.2. The number of carboxylic acids is 2. The van der Waals surface area contributed by atoms with Gasteiger partial charge in [0, 0.05) is 26.2 Å². The Morgan fingerprint density at radius 3 is 1.00 bits per heavy atom. The lowest BCUT2D eigenvalue weighted by Crippen LogP contribution is -2.34. The van der Waals surface area contributed by atoms with Crippen molar-refractivity contribution >= 4 is 11.9 Å². The van der Waals surface area contributed by atoms with Gasteiger partial charge in [-0.15, -0.1) is 0 Å². The first-order valence-electron chi connectivity index (χ1n) is 14.6. The Kier molecular flexibility index (Phi) is 32.8. The van der Waals surface area contributed by atoms with E-state index in [1.54, 1.807) is 0 Å². The highest BCUT2D eigenvalue weighted by molar-refractivity contribution is 5.67. The molecule has 0 radical (unpaired) electrons. The number of hydrogen-bond donors (Lipinski definition) is 3. The molecule has 0 fully saturated rings. The number of carboxylic acid groups (broad SMARTS) is 2.